The number of ether oxygens (including phenoxy) is 1. The van der Waals surface area contributed by atoms with Gasteiger partial charge in [-0.3, -0.25) is 0 Å². The Labute approximate surface area is 119 Å². The van der Waals surface area contributed by atoms with Crippen LogP contribution in [0.5, 0.6) is 5.75 Å². The van der Waals surface area contributed by atoms with E-state index in [1.54, 1.807) is 0 Å². The number of fused-ring (bicyclic) bond motifs is 1. The Balaban J connectivity index is 1.75. The van der Waals surface area contributed by atoms with E-state index in [2.05, 4.69) is 29.6 Å². The van der Waals surface area contributed by atoms with Gasteiger partial charge in [0.1, 0.15) is 5.75 Å². The summed E-state index contributed by atoms with van der Waals surface area (Å²) < 4.78 is 5.54. The number of nitrogens with one attached hydrogen (secondary N) is 1. The van der Waals surface area contributed by atoms with Crippen LogP contribution in [0.15, 0.2) is 42.5 Å². The van der Waals surface area contributed by atoms with Gasteiger partial charge in [-0.05, 0) is 43.0 Å². The number of benzene rings is 2. The fourth-order valence-electron chi connectivity index (χ4n) is 2.83. The maximum absolute atomic E-state index is 6.17. The third-order valence-electron chi connectivity index (χ3n) is 3.78. The van der Waals surface area contributed by atoms with Gasteiger partial charge in [-0.25, -0.2) is 0 Å². The zero-order valence-electron chi connectivity index (χ0n) is 11.7. The van der Waals surface area contributed by atoms with E-state index in [0.29, 0.717) is 18.3 Å². The van der Waals surface area contributed by atoms with Gasteiger partial charge in [0.05, 0.1) is 18.0 Å². The fourth-order valence-corrected chi connectivity index (χ4v) is 2.83. The van der Waals surface area contributed by atoms with Gasteiger partial charge < -0.3 is 15.8 Å². The Bertz CT molecular complexity index is 585. The molecular formula is C17H20N2O. The summed E-state index contributed by atoms with van der Waals surface area (Å²) >= 11 is 0. The van der Waals surface area contributed by atoms with Gasteiger partial charge >= 0.3 is 0 Å². The highest BCUT2D eigenvalue weighted by molar-refractivity contribution is 5.73. The molecule has 0 fully saturated rings. The Kier molecular flexibility index (Phi) is 3.50. The van der Waals surface area contributed by atoms with Gasteiger partial charge in [-0.15, -0.1) is 0 Å². The maximum atomic E-state index is 6.17. The molecule has 0 bridgehead atoms. The molecule has 104 valence electrons. The normalized spacial score (nSPS) is 14.1. The predicted octanol–water partition coefficient (Wildman–Crippen LogP) is 3.25. The molecule has 0 saturated carbocycles. The number of nitrogens with two attached hydrogens (primary N) is 1. The van der Waals surface area contributed by atoms with E-state index >= 15 is 0 Å². The van der Waals surface area contributed by atoms with Crippen LogP contribution in [0.2, 0.25) is 0 Å². The first-order valence-electron chi connectivity index (χ1n) is 7.12. The summed E-state index contributed by atoms with van der Waals surface area (Å²) in [4.78, 5) is 0. The average molecular weight is 268 g/mol. The average Bonchev–Trinajstić information content (AvgIpc) is 2.86. The first-order chi connectivity index (χ1) is 9.78. The molecule has 3 heteroatoms. The molecule has 3 nitrogen and oxygen atoms in total. The van der Waals surface area contributed by atoms with Crippen LogP contribution in [0.25, 0.3) is 0 Å². The summed E-state index contributed by atoms with van der Waals surface area (Å²) in [5.41, 5.74) is 10.7. The van der Waals surface area contributed by atoms with E-state index in [-0.39, 0.29) is 0 Å². The van der Waals surface area contributed by atoms with Crippen molar-refractivity contribution in [3.8, 4) is 5.75 Å². The second kappa shape index (κ2) is 5.45. The molecule has 0 amide bonds. The minimum atomic E-state index is 0.409. The highest BCUT2D eigenvalue weighted by Crippen LogP contribution is 2.32. The largest absolute Gasteiger partial charge is 0.492 e. The van der Waals surface area contributed by atoms with Crippen LogP contribution in [0.3, 0.4) is 0 Å². The molecule has 1 aliphatic rings. The Morgan fingerprint density at radius 1 is 1.10 bits per heavy atom. The van der Waals surface area contributed by atoms with E-state index in [1.807, 2.05) is 25.1 Å². The number of para-hydroxylation sites is 1. The number of anilines is 2. The third kappa shape index (κ3) is 2.44. The topological polar surface area (TPSA) is 47.3 Å². The van der Waals surface area contributed by atoms with E-state index in [4.69, 9.17) is 10.5 Å². The van der Waals surface area contributed by atoms with Crippen molar-refractivity contribution >= 4 is 11.4 Å². The minimum Gasteiger partial charge on any atom is -0.492 e. The van der Waals surface area contributed by atoms with Crippen molar-refractivity contribution in [2.45, 2.75) is 25.8 Å². The van der Waals surface area contributed by atoms with E-state index in [1.165, 1.54) is 11.1 Å². The van der Waals surface area contributed by atoms with Gasteiger partial charge in [0.2, 0.25) is 0 Å². The van der Waals surface area contributed by atoms with E-state index in [0.717, 1.165) is 24.3 Å². The number of hydrogen-bond donors (Lipinski definition) is 2. The molecule has 20 heavy (non-hydrogen) atoms. The van der Waals surface area contributed by atoms with Crippen molar-refractivity contribution in [3.63, 3.8) is 0 Å². The lowest BCUT2D eigenvalue weighted by molar-refractivity contribution is 0.342. The first kappa shape index (κ1) is 12.9. The van der Waals surface area contributed by atoms with Crippen molar-refractivity contribution in [3.05, 3.63) is 53.6 Å². The van der Waals surface area contributed by atoms with Gasteiger partial charge in [0.15, 0.2) is 0 Å². The molecule has 0 aromatic heterocycles. The van der Waals surface area contributed by atoms with Crippen molar-refractivity contribution in [2.24, 2.45) is 0 Å². The molecular weight excluding hydrogens is 248 g/mol. The standard InChI is InChI=1S/C17H20N2O/c1-2-20-16-9-5-8-15(17(16)18)19-14-10-12-6-3-4-7-13(12)11-14/h3-9,14,19H,2,10-11,18H2,1H3. The number of nitrogen functional groups attached to an aromatic ring is 1. The van der Waals surface area contributed by atoms with E-state index < -0.39 is 0 Å². The molecule has 0 aliphatic heterocycles. The van der Waals surface area contributed by atoms with Crippen molar-refractivity contribution in [1.82, 2.24) is 0 Å². The van der Waals surface area contributed by atoms with Crippen molar-refractivity contribution < 1.29 is 4.74 Å². The van der Waals surface area contributed by atoms with Crippen molar-refractivity contribution in [1.29, 1.82) is 0 Å². The molecule has 1 aliphatic carbocycles. The molecule has 2 aromatic carbocycles. The van der Waals surface area contributed by atoms with Crippen molar-refractivity contribution in [2.75, 3.05) is 17.7 Å². The summed E-state index contributed by atoms with van der Waals surface area (Å²) in [6.45, 7) is 2.59. The zero-order valence-corrected chi connectivity index (χ0v) is 11.7. The highest BCUT2D eigenvalue weighted by atomic mass is 16.5. The number of rotatable bonds is 4. The summed E-state index contributed by atoms with van der Waals surface area (Å²) in [7, 11) is 0. The van der Waals surface area contributed by atoms with Gasteiger partial charge in [-0.1, -0.05) is 30.3 Å². The fraction of sp³-hybridized carbons (Fsp3) is 0.294. The lowest BCUT2D eigenvalue weighted by Gasteiger charge is -2.17. The number of hydrogen-bond acceptors (Lipinski definition) is 3. The zero-order chi connectivity index (χ0) is 13.9. The third-order valence-corrected chi connectivity index (χ3v) is 3.78. The first-order valence-corrected chi connectivity index (χ1v) is 7.12. The Morgan fingerprint density at radius 3 is 2.45 bits per heavy atom. The van der Waals surface area contributed by atoms with E-state index in [9.17, 15) is 0 Å². The van der Waals surface area contributed by atoms with Crippen LogP contribution in [0.4, 0.5) is 11.4 Å². The van der Waals surface area contributed by atoms with Gasteiger partial charge in [-0.2, -0.15) is 0 Å². The van der Waals surface area contributed by atoms with Gasteiger partial charge in [0, 0.05) is 6.04 Å². The highest BCUT2D eigenvalue weighted by Gasteiger charge is 2.21. The lowest BCUT2D eigenvalue weighted by Crippen LogP contribution is -2.20. The van der Waals surface area contributed by atoms with Crippen LogP contribution >= 0.6 is 0 Å². The van der Waals surface area contributed by atoms with Crippen LogP contribution < -0.4 is 15.8 Å². The summed E-state index contributed by atoms with van der Waals surface area (Å²) in [6.07, 6.45) is 2.10. The molecule has 0 saturated heterocycles. The summed E-state index contributed by atoms with van der Waals surface area (Å²) in [5, 5.41) is 3.55. The lowest BCUT2D eigenvalue weighted by atomic mass is 10.1. The van der Waals surface area contributed by atoms with Crippen LogP contribution in [0.1, 0.15) is 18.1 Å². The Hall–Kier alpha value is -2.16. The van der Waals surface area contributed by atoms with Gasteiger partial charge in [0.25, 0.3) is 0 Å². The quantitative estimate of drug-likeness (QED) is 0.837. The Morgan fingerprint density at radius 2 is 1.80 bits per heavy atom. The minimum absolute atomic E-state index is 0.409. The summed E-state index contributed by atoms with van der Waals surface area (Å²) in [6, 6.07) is 14.9. The molecule has 0 spiro atoms. The van der Waals surface area contributed by atoms with Crippen LogP contribution in [0, 0.1) is 0 Å². The van der Waals surface area contributed by atoms with Crippen LogP contribution in [-0.2, 0) is 12.8 Å². The smallest absolute Gasteiger partial charge is 0.144 e. The monoisotopic (exact) mass is 268 g/mol. The predicted molar refractivity (Wildman–Crippen MR) is 83.3 cm³/mol. The molecule has 3 rings (SSSR count). The molecule has 3 N–H and O–H groups in total. The second-order valence-corrected chi connectivity index (χ2v) is 5.17. The molecule has 0 radical (unpaired) electrons. The summed E-state index contributed by atoms with van der Waals surface area (Å²) in [5.74, 6) is 0.757. The van der Waals surface area contributed by atoms with Crippen LogP contribution in [-0.4, -0.2) is 12.6 Å². The molecule has 0 heterocycles. The molecule has 2 aromatic rings. The maximum Gasteiger partial charge on any atom is 0.144 e. The SMILES string of the molecule is CCOc1cccc(NC2Cc3ccccc3C2)c1N. The molecule has 0 atom stereocenters. The molecule has 0 unspecified atom stereocenters. The second-order valence-electron chi connectivity index (χ2n) is 5.17.